The molecule has 1 amide bonds. The van der Waals surface area contributed by atoms with Gasteiger partial charge in [0.25, 0.3) is 5.91 Å². The second-order valence-corrected chi connectivity index (χ2v) is 9.71. The van der Waals surface area contributed by atoms with Crippen LogP contribution >= 0.6 is 0 Å². The molecule has 5 rings (SSSR count). The first kappa shape index (κ1) is 28.3. The molecule has 0 radical (unpaired) electrons. The number of rotatable bonds is 8. The van der Waals surface area contributed by atoms with Crippen LogP contribution in [0.2, 0.25) is 0 Å². The molecule has 1 saturated heterocycles. The maximum Gasteiger partial charge on any atom is 0.416 e. The van der Waals surface area contributed by atoms with E-state index in [0.29, 0.717) is 31.4 Å². The summed E-state index contributed by atoms with van der Waals surface area (Å²) >= 11 is 0. The number of nitrogens with one attached hydrogen (secondary N) is 2. The Morgan fingerprint density at radius 2 is 1.88 bits per heavy atom. The minimum atomic E-state index is -4.61. The van der Waals surface area contributed by atoms with Crippen molar-refractivity contribution in [1.82, 2.24) is 14.9 Å². The first-order chi connectivity index (χ1) is 19.7. The fourth-order valence-corrected chi connectivity index (χ4v) is 4.65. The highest BCUT2D eigenvalue weighted by molar-refractivity contribution is 6.06. The summed E-state index contributed by atoms with van der Waals surface area (Å²) in [5.41, 5.74) is 2.81. The highest BCUT2D eigenvalue weighted by atomic mass is 19.4. The number of hydrogen-bond donors (Lipinski definition) is 2. The second kappa shape index (κ2) is 12.1. The smallest absolute Gasteiger partial charge is 0.416 e. The van der Waals surface area contributed by atoms with Crippen LogP contribution in [-0.4, -0.2) is 67.3 Å². The molecule has 214 valence electrons. The van der Waals surface area contributed by atoms with Crippen molar-refractivity contribution in [3.8, 4) is 16.9 Å². The van der Waals surface area contributed by atoms with Gasteiger partial charge >= 0.3 is 6.18 Å². The third-order valence-corrected chi connectivity index (χ3v) is 6.93. The van der Waals surface area contributed by atoms with E-state index >= 15 is 0 Å². The summed E-state index contributed by atoms with van der Waals surface area (Å²) in [6.45, 7) is 5.48. The van der Waals surface area contributed by atoms with E-state index < -0.39 is 17.6 Å². The topological polar surface area (TPSA) is 88.6 Å². The van der Waals surface area contributed by atoms with Crippen LogP contribution in [0.1, 0.15) is 21.5 Å². The van der Waals surface area contributed by atoms with Crippen molar-refractivity contribution in [3.63, 3.8) is 0 Å². The van der Waals surface area contributed by atoms with Crippen molar-refractivity contribution in [1.29, 1.82) is 0 Å². The lowest BCUT2D eigenvalue weighted by atomic mass is 9.98. The fourth-order valence-electron chi connectivity index (χ4n) is 4.65. The van der Waals surface area contributed by atoms with Crippen LogP contribution in [0.3, 0.4) is 0 Å². The lowest BCUT2D eigenvalue weighted by Gasteiger charge is -2.26. The zero-order valence-corrected chi connectivity index (χ0v) is 22.7. The molecule has 2 N–H and O–H groups in total. The quantitative estimate of drug-likeness (QED) is 0.286. The number of halogens is 3. The molecule has 1 aliphatic heterocycles. The molecule has 0 spiro atoms. The molecule has 41 heavy (non-hydrogen) atoms. The minimum absolute atomic E-state index is 0.0894. The predicted molar refractivity (Wildman–Crippen MR) is 151 cm³/mol. The summed E-state index contributed by atoms with van der Waals surface area (Å²) in [5.74, 6) is -0.0875. The minimum Gasteiger partial charge on any atom is -0.491 e. The van der Waals surface area contributed by atoms with Gasteiger partial charge in [0.15, 0.2) is 0 Å². The zero-order chi connectivity index (χ0) is 29.0. The van der Waals surface area contributed by atoms with Crippen molar-refractivity contribution < 1.29 is 27.4 Å². The van der Waals surface area contributed by atoms with Gasteiger partial charge in [-0.2, -0.15) is 13.2 Å². The average molecular weight is 566 g/mol. The standard InChI is InChI=1S/C30H30F3N5O3/c1-19-3-6-23(17-24(19)20-4-7-26-21(15-20)18-35-29(34-2)37-26)36-28(39)25-16-22(30(31,32)33)5-8-27(25)41-14-11-38-9-12-40-13-10-38/h3-8,15-18H,9-14H2,1-2H3,(H,36,39)(H,34,35,37). The van der Waals surface area contributed by atoms with E-state index in [1.54, 1.807) is 25.4 Å². The monoisotopic (exact) mass is 565 g/mol. The molecule has 0 saturated carbocycles. The SMILES string of the molecule is CNc1ncc2cc(-c3cc(NC(=O)c4cc(C(F)(F)F)ccc4OCCN4CCOCC4)ccc3C)ccc2n1. The van der Waals surface area contributed by atoms with E-state index in [9.17, 15) is 18.0 Å². The van der Waals surface area contributed by atoms with Gasteiger partial charge in [0.1, 0.15) is 12.4 Å². The normalized spacial score (nSPS) is 14.2. The largest absolute Gasteiger partial charge is 0.491 e. The third kappa shape index (κ3) is 6.75. The van der Waals surface area contributed by atoms with Crippen LogP contribution in [0.15, 0.2) is 60.8 Å². The Kier molecular flexibility index (Phi) is 8.36. The Hall–Kier alpha value is -4.22. The number of nitrogens with zero attached hydrogens (tertiary/aromatic N) is 3. The predicted octanol–water partition coefficient (Wildman–Crippen LogP) is 5.63. The Balaban J connectivity index is 1.38. The Labute approximate surface area is 235 Å². The number of amides is 1. The van der Waals surface area contributed by atoms with Gasteiger partial charge in [-0.25, -0.2) is 9.97 Å². The third-order valence-electron chi connectivity index (χ3n) is 6.93. The van der Waals surface area contributed by atoms with Crippen molar-refractivity contribution in [2.45, 2.75) is 13.1 Å². The van der Waals surface area contributed by atoms with Crippen molar-refractivity contribution in [2.75, 3.05) is 57.1 Å². The lowest BCUT2D eigenvalue weighted by Crippen LogP contribution is -2.38. The van der Waals surface area contributed by atoms with Crippen LogP contribution in [-0.2, 0) is 10.9 Å². The molecular formula is C30H30F3N5O3. The maximum absolute atomic E-state index is 13.5. The van der Waals surface area contributed by atoms with E-state index in [2.05, 4.69) is 25.5 Å². The molecule has 8 nitrogen and oxygen atoms in total. The Bertz CT molecular complexity index is 1550. The molecule has 2 heterocycles. The molecule has 0 atom stereocenters. The molecule has 11 heteroatoms. The van der Waals surface area contributed by atoms with Gasteiger partial charge in [0, 0.05) is 44.0 Å². The van der Waals surface area contributed by atoms with Crippen molar-refractivity contribution in [3.05, 3.63) is 77.5 Å². The first-order valence-electron chi connectivity index (χ1n) is 13.2. The van der Waals surface area contributed by atoms with E-state index in [4.69, 9.17) is 9.47 Å². The molecule has 3 aromatic carbocycles. The first-order valence-corrected chi connectivity index (χ1v) is 13.2. The second-order valence-electron chi connectivity index (χ2n) is 9.71. The Morgan fingerprint density at radius 1 is 1.07 bits per heavy atom. The number of carbonyl (C=O) groups excluding carboxylic acids is 1. The number of hydrogen-bond acceptors (Lipinski definition) is 7. The summed E-state index contributed by atoms with van der Waals surface area (Å²) in [6, 6.07) is 14.1. The zero-order valence-electron chi connectivity index (χ0n) is 22.7. The van der Waals surface area contributed by atoms with Crippen molar-refractivity contribution in [2.24, 2.45) is 0 Å². The van der Waals surface area contributed by atoms with Gasteiger partial charge < -0.3 is 20.1 Å². The number of fused-ring (bicyclic) bond motifs is 1. The van der Waals surface area contributed by atoms with Gasteiger partial charge in [0.05, 0.1) is 29.9 Å². The lowest BCUT2D eigenvalue weighted by molar-refractivity contribution is -0.137. The van der Waals surface area contributed by atoms with Crippen LogP contribution in [0.5, 0.6) is 5.75 Å². The van der Waals surface area contributed by atoms with E-state index in [-0.39, 0.29) is 17.9 Å². The highest BCUT2D eigenvalue weighted by Gasteiger charge is 2.32. The molecule has 4 aromatic rings. The van der Waals surface area contributed by atoms with Gasteiger partial charge in [0.2, 0.25) is 5.95 Å². The summed E-state index contributed by atoms with van der Waals surface area (Å²) in [4.78, 5) is 24.2. The molecule has 1 fully saturated rings. The molecule has 0 aliphatic carbocycles. The Morgan fingerprint density at radius 3 is 2.63 bits per heavy atom. The van der Waals surface area contributed by atoms with Crippen LogP contribution in [0, 0.1) is 6.92 Å². The molecular weight excluding hydrogens is 535 g/mol. The fraction of sp³-hybridized carbons (Fsp3) is 0.300. The van der Waals surface area contributed by atoms with E-state index in [1.807, 2.05) is 31.2 Å². The maximum atomic E-state index is 13.5. The summed E-state index contributed by atoms with van der Waals surface area (Å²) < 4.78 is 51.7. The number of morpholine rings is 1. The molecule has 1 aromatic heterocycles. The van der Waals surface area contributed by atoms with E-state index in [0.717, 1.165) is 52.8 Å². The van der Waals surface area contributed by atoms with Gasteiger partial charge in [-0.3, -0.25) is 9.69 Å². The highest BCUT2D eigenvalue weighted by Crippen LogP contribution is 2.34. The number of benzene rings is 3. The summed E-state index contributed by atoms with van der Waals surface area (Å²) in [6.07, 6.45) is -2.88. The number of carbonyl (C=O) groups is 1. The summed E-state index contributed by atoms with van der Waals surface area (Å²) in [7, 11) is 1.75. The molecule has 1 aliphatic rings. The number of aromatic nitrogens is 2. The van der Waals surface area contributed by atoms with Gasteiger partial charge in [-0.05, 0) is 66.1 Å². The van der Waals surface area contributed by atoms with Gasteiger partial charge in [-0.1, -0.05) is 12.1 Å². The molecule has 0 unspecified atom stereocenters. The number of alkyl halides is 3. The van der Waals surface area contributed by atoms with Crippen LogP contribution in [0.25, 0.3) is 22.0 Å². The molecule has 0 bridgehead atoms. The van der Waals surface area contributed by atoms with Crippen LogP contribution < -0.4 is 15.4 Å². The number of anilines is 2. The average Bonchev–Trinajstić information content (AvgIpc) is 2.97. The van der Waals surface area contributed by atoms with Gasteiger partial charge in [-0.15, -0.1) is 0 Å². The number of aryl methyl sites for hydroxylation is 1. The number of ether oxygens (including phenoxy) is 2. The van der Waals surface area contributed by atoms with Crippen LogP contribution in [0.4, 0.5) is 24.8 Å². The summed E-state index contributed by atoms with van der Waals surface area (Å²) in [5, 5.41) is 6.52. The van der Waals surface area contributed by atoms with E-state index in [1.165, 1.54) is 6.07 Å². The van der Waals surface area contributed by atoms with Crippen molar-refractivity contribution >= 4 is 28.4 Å².